The Kier molecular flexibility index (Phi) is 3.74. The maximum Gasteiger partial charge on any atom is 0 e. The molecule has 0 atom stereocenters. The quantitative estimate of drug-likeness (QED) is 0.444. The van der Waals surface area contributed by atoms with Crippen molar-refractivity contribution in [2.45, 2.75) is 6.42 Å². The molecule has 1 aliphatic rings. The van der Waals surface area contributed by atoms with Crippen LogP contribution < -0.4 is 0 Å². The summed E-state index contributed by atoms with van der Waals surface area (Å²) in [7, 11) is 0. The molecule has 1 heteroatoms. The third-order valence-corrected chi connectivity index (χ3v) is 0.655. The van der Waals surface area contributed by atoms with Gasteiger partial charge in [-0.3, -0.25) is 0 Å². The third-order valence-electron chi connectivity index (χ3n) is 0.655. The molecule has 0 spiro atoms. The molecule has 6 heavy (non-hydrogen) atoms. The molecule has 0 aliphatic heterocycles. The van der Waals surface area contributed by atoms with E-state index in [2.05, 4.69) is 24.3 Å². The monoisotopic (exact) mass is 111 g/mol. The summed E-state index contributed by atoms with van der Waals surface area (Å²) in [6.45, 7) is 0. The summed E-state index contributed by atoms with van der Waals surface area (Å²) < 4.78 is 0. The van der Waals surface area contributed by atoms with Gasteiger partial charge in [-0.2, -0.15) is 0 Å². The Balaban J connectivity index is 0.000000250. The van der Waals surface area contributed by atoms with E-state index in [1.54, 1.807) is 0 Å². The summed E-state index contributed by atoms with van der Waals surface area (Å²) in [5.74, 6) is 0. The van der Waals surface area contributed by atoms with Gasteiger partial charge in [-0.05, 0) is 6.42 Å². The van der Waals surface area contributed by atoms with Crippen molar-refractivity contribution in [2.75, 3.05) is 0 Å². The van der Waals surface area contributed by atoms with Crippen molar-refractivity contribution in [2.24, 2.45) is 0 Å². The van der Waals surface area contributed by atoms with E-state index in [9.17, 15) is 0 Å². The SMILES string of the molecule is C1=CCC=C1.[Sc]. The molecular formula is C5H6Sc. The van der Waals surface area contributed by atoms with Crippen LogP contribution in [0.2, 0.25) is 0 Å². The van der Waals surface area contributed by atoms with E-state index >= 15 is 0 Å². The maximum absolute atomic E-state index is 2.12. The summed E-state index contributed by atoms with van der Waals surface area (Å²) >= 11 is 0. The summed E-state index contributed by atoms with van der Waals surface area (Å²) in [6, 6.07) is 0. The predicted octanol–water partition coefficient (Wildman–Crippen LogP) is 1.50. The van der Waals surface area contributed by atoms with Crippen LogP contribution in [0.4, 0.5) is 0 Å². The van der Waals surface area contributed by atoms with E-state index in [1.165, 1.54) is 0 Å². The van der Waals surface area contributed by atoms with Gasteiger partial charge in [-0.1, -0.05) is 24.3 Å². The van der Waals surface area contributed by atoms with Crippen LogP contribution in [0, 0.1) is 0 Å². The van der Waals surface area contributed by atoms with Crippen LogP contribution in [0.1, 0.15) is 6.42 Å². The molecule has 1 aliphatic carbocycles. The van der Waals surface area contributed by atoms with Crippen LogP contribution >= 0.6 is 0 Å². The fourth-order valence-electron chi connectivity index (χ4n) is 0.393. The van der Waals surface area contributed by atoms with E-state index in [1.807, 2.05) is 0 Å². The molecule has 0 heterocycles. The van der Waals surface area contributed by atoms with Gasteiger partial charge in [0, 0.05) is 25.8 Å². The van der Waals surface area contributed by atoms with Gasteiger partial charge in [-0.15, -0.1) is 0 Å². The van der Waals surface area contributed by atoms with Crippen molar-refractivity contribution in [3.63, 3.8) is 0 Å². The van der Waals surface area contributed by atoms with Crippen LogP contribution in [-0.4, -0.2) is 0 Å². The van der Waals surface area contributed by atoms with Crippen LogP contribution in [0.3, 0.4) is 0 Å². The van der Waals surface area contributed by atoms with E-state index in [4.69, 9.17) is 0 Å². The van der Waals surface area contributed by atoms with Gasteiger partial charge < -0.3 is 0 Å². The van der Waals surface area contributed by atoms with Crippen molar-refractivity contribution in [3.8, 4) is 0 Å². The smallest absolute Gasteiger partial charge is 0 e. The largest absolute Gasteiger partial charge is 0.0808 e. The van der Waals surface area contributed by atoms with Crippen molar-refractivity contribution in [1.29, 1.82) is 0 Å². The molecule has 0 aromatic carbocycles. The van der Waals surface area contributed by atoms with Crippen LogP contribution in [0.25, 0.3) is 0 Å². The Morgan fingerprint density at radius 1 is 1.00 bits per heavy atom. The van der Waals surface area contributed by atoms with Crippen molar-refractivity contribution < 1.29 is 25.8 Å². The Hall–Kier alpha value is 0.350. The zero-order valence-electron chi connectivity index (χ0n) is 3.59. The zero-order valence-corrected chi connectivity index (χ0v) is 5.40. The number of hydrogen-bond donors (Lipinski definition) is 0. The van der Waals surface area contributed by atoms with Crippen LogP contribution in [-0.2, 0) is 25.8 Å². The molecule has 29 valence electrons. The maximum atomic E-state index is 2.12. The van der Waals surface area contributed by atoms with E-state index in [0.717, 1.165) is 6.42 Å². The first-order valence-electron chi connectivity index (χ1n) is 1.82. The molecule has 0 aromatic rings. The average Bonchev–Trinajstić information content (AvgIpc) is 1.76. The van der Waals surface area contributed by atoms with Crippen LogP contribution in [0.5, 0.6) is 0 Å². The first kappa shape index (κ1) is 6.35. The van der Waals surface area contributed by atoms with Crippen molar-refractivity contribution in [3.05, 3.63) is 24.3 Å². The minimum Gasteiger partial charge on any atom is -0.0808 e. The van der Waals surface area contributed by atoms with E-state index < -0.39 is 0 Å². The fraction of sp³-hybridized carbons (Fsp3) is 0.200. The molecule has 0 saturated carbocycles. The third kappa shape index (κ3) is 1.71. The normalized spacial score (nSPS) is 14.7. The predicted molar refractivity (Wildman–Crippen MR) is 22.9 cm³/mol. The Bertz CT molecular complexity index is 62.0. The second-order valence-electron chi connectivity index (χ2n) is 1.09. The van der Waals surface area contributed by atoms with Gasteiger partial charge in [-0.25, -0.2) is 0 Å². The molecule has 0 fully saturated rings. The van der Waals surface area contributed by atoms with Gasteiger partial charge >= 0.3 is 0 Å². The van der Waals surface area contributed by atoms with Gasteiger partial charge in [0.1, 0.15) is 0 Å². The molecule has 0 nitrogen and oxygen atoms in total. The summed E-state index contributed by atoms with van der Waals surface area (Å²) in [6.07, 6.45) is 9.50. The molecule has 0 unspecified atom stereocenters. The second kappa shape index (κ2) is 3.54. The average molecular weight is 111 g/mol. The minimum atomic E-state index is 0. The topological polar surface area (TPSA) is 0 Å². The van der Waals surface area contributed by atoms with Gasteiger partial charge in [0.15, 0.2) is 0 Å². The Labute approximate surface area is 56.7 Å². The molecule has 0 aromatic heterocycles. The van der Waals surface area contributed by atoms with Gasteiger partial charge in [0.25, 0.3) is 0 Å². The Morgan fingerprint density at radius 2 is 1.50 bits per heavy atom. The molecule has 0 bridgehead atoms. The summed E-state index contributed by atoms with van der Waals surface area (Å²) in [5, 5.41) is 0. The van der Waals surface area contributed by atoms with E-state index in [-0.39, 0.29) is 25.8 Å². The van der Waals surface area contributed by atoms with Crippen molar-refractivity contribution >= 4 is 0 Å². The van der Waals surface area contributed by atoms with Crippen LogP contribution in [0.15, 0.2) is 24.3 Å². The van der Waals surface area contributed by atoms with Gasteiger partial charge in [0.2, 0.25) is 0 Å². The summed E-state index contributed by atoms with van der Waals surface area (Å²) in [4.78, 5) is 0. The second-order valence-corrected chi connectivity index (χ2v) is 1.09. The molecule has 1 rings (SSSR count). The summed E-state index contributed by atoms with van der Waals surface area (Å²) in [5.41, 5.74) is 0. The standard InChI is InChI=1S/C5H6.Sc/c1-2-4-5-3-1;/h1-4H,5H2;. The fourth-order valence-corrected chi connectivity index (χ4v) is 0.393. The molecule has 0 N–H and O–H groups in total. The van der Waals surface area contributed by atoms with E-state index in [0.29, 0.717) is 0 Å². The minimum absolute atomic E-state index is 0. The number of allylic oxidation sites excluding steroid dienone is 4. The number of hydrogen-bond acceptors (Lipinski definition) is 0. The Morgan fingerprint density at radius 3 is 1.67 bits per heavy atom. The first-order valence-corrected chi connectivity index (χ1v) is 1.82. The molecule has 1 radical (unpaired) electrons. The number of rotatable bonds is 0. The zero-order chi connectivity index (χ0) is 3.54. The van der Waals surface area contributed by atoms with Crippen molar-refractivity contribution in [1.82, 2.24) is 0 Å². The van der Waals surface area contributed by atoms with Gasteiger partial charge in [0.05, 0.1) is 0 Å². The first-order chi connectivity index (χ1) is 2.50. The molecule has 0 amide bonds. The molecule has 0 saturated heterocycles. The molecular weight excluding hydrogens is 105 g/mol.